The van der Waals surface area contributed by atoms with Crippen LogP contribution in [-0.4, -0.2) is 6.61 Å². The van der Waals surface area contributed by atoms with Crippen molar-refractivity contribution in [1.29, 1.82) is 0 Å². The Labute approximate surface area is 92.4 Å². The van der Waals surface area contributed by atoms with Gasteiger partial charge >= 0.3 is 0 Å². The van der Waals surface area contributed by atoms with Crippen LogP contribution in [0.3, 0.4) is 0 Å². The molecule has 0 heterocycles. The van der Waals surface area contributed by atoms with Crippen molar-refractivity contribution in [3.63, 3.8) is 0 Å². The summed E-state index contributed by atoms with van der Waals surface area (Å²) in [6.45, 7) is 6.99. The Bertz CT molecular complexity index is 307. The third-order valence-electron chi connectivity index (χ3n) is 2.48. The maximum absolute atomic E-state index is 5.91. The molecule has 1 rings (SSSR count). The first kappa shape index (κ1) is 12.1. The minimum absolute atomic E-state index is 0.0292. The topological polar surface area (TPSA) is 35.2 Å². The van der Waals surface area contributed by atoms with Gasteiger partial charge in [0.05, 0.1) is 6.61 Å². The van der Waals surface area contributed by atoms with E-state index >= 15 is 0 Å². The molecule has 84 valence electrons. The van der Waals surface area contributed by atoms with Crippen LogP contribution in [0.4, 0.5) is 0 Å². The van der Waals surface area contributed by atoms with Crippen LogP contribution >= 0.6 is 0 Å². The Morgan fingerprint density at radius 2 is 2.13 bits per heavy atom. The first-order valence-corrected chi connectivity index (χ1v) is 5.64. The van der Waals surface area contributed by atoms with Gasteiger partial charge in [0.15, 0.2) is 0 Å². The van der Waals surface area contributed by atoms with Gasteiger partial charge in [-0.05, 0) is 25.8 Å². The second-order valence-electron chi connectivity index (χ2n) is 3.98. The largest absolute Gasteiger partial charge is 0.493 e. The van der Waals surface area contributed by atoms with Gasteiger partial charge in [0.1, 0.15) is 5.75 Å². The Morgan fingerprint density at radius 3 is 2.73 bits per heavy atom. The van der Waals surface area contributed by atoms with E-state index in [-0.39, 0.29) is 6.04 Å². The molecule has 0 bridgehead atoms. The maximum atomic E-state index is 5.91. The van der Waals surface area contributed by atoms with Crippen LogP contribution < -0.4 is 10.5 Å². The van der Waals surface area contributed by atoms with Gasteiger partial charge in [-0.1, -0.05) is 31.5 Å². The van der Waals surface area contributed by atoms with Crippen LogP contribution in [0.15, 0.2) is 18.2 Å². The summed E-state index contributed by atoms with van der Waals surface area (Å²) in [4.78, 5) is 0. The number of rotatable bonds is 5. The lowest BCUT2D eigenvalue weighted by molar-refractivity contribution is 0.303. The molecule has 1 atom stereocenters. The molecule has 2 heteroatoms. The highest BCUT2D eigenvalue weighted by Crippen LogP contribution is 2.27. The zero-order valence-corrected chi connectivity index (χ0v) is 9.92. The molecule has 0 radical (unpaired) electrons. The lowest BCUT2D eigenvalue weighted by Gasteiger charge is -2.16. The van der Waals surface area contributed by atoms with Gasteiger partial charge in [-0.3, -0.25) is 0 Å². The molecule has 2 nitrogen and oxygen atoms in total. The van der Waals surface area contributed by atoms with E-state index in [1.54, 1.807) is 0 Å². The summed E-state index contributed by atoms with van der Waals surface area (Å²) < 4.78 is 5.79. The van der Waals surface area contributed by atoms with E-state index in [0.29, 0.717) is 0 Å². The zero-order chi connectivity index (χ0) is 11.3. The summed E-state index contributed by atoms with van der Waals surface area (Å²) in [5.74, 6) is 0.973. The second-order valence-corrected chi connectivity index (χ2v) is 3.98. The molecular formula is C13H21NO. The highest BCUT2D eigenvalue weighted by Gasteiger charge is 2.09. The monoisotopic (exact) mass is 207 g/mol. The molecule has 0 aromatic heterocycles. The molecule has 0 saturated carbocycles. The molecule has 0 saturated heterocycles. The fourth-order valence-corrected chi connectivity index (χ4v) is 1.55. The summed E-state index contributed by atoms with van der Waals surface area (Å²) in [5.41, 5.74) is 8.18. The van der Waals surface area contributed by atoms with E-state index < -0.39 is 0 Å². The third-order valence-corrected chi connectivity index (χ3v) is 2.48. The number of para-hydroxylation sites is 1. The quantitative estimate of drug-likeness (QED) is 0.752. The predicted molar refractivity (Wildman–Crippen MR) is 64.2 cm³/mol. The smallest absolute Gasteiger partial charge is 0.126 e. The van der Waals surface area contributed by atoms with E-state index in [4.69, 9.17) is 10.5 Å². The second kappa shape index (κ2) is 5.76. The van der Waals surface area contributed by atoms with Crippen molar-refractivity contribution in [1.82, 2.24) is 0 Å². The van der Waals surface area contributed by atoms with Crippen LogP contribution in [0.25, 0.3) is 0 Å². The van der Waals surface area contributed by atoms with Gasteiger partial charge < -0.3 is 10.5 Å². The number of benzene rings is 1. The van der Waals surface area contributed by atoms with Gasteiger partial charge in [0, 0.05) is 11.6 Å². The van der Waals surface area contributed by atoms with Crippen molar-refractivity contribution in [2.45, 2.75) is 39.7 Å². The summed E-state index contributed by atoms with van der Waals surface area (Å²) in [7, 11) is 0. The van der Waals surface area contributed by atoms with E-state index in [1.165, 1.54) is 5.56 Å². The molecule has 15 heavy (non-hydrogen) atoms. The number of hydrogen-bond acceptors (Lipinski definition) is 2. The fourth-order valence-electron chi connectivity index (χ4n) is 1.55. The molecule has 1 unspecified atom stereocenters. The Hall–Kier alpha value is -1.02. The van der Waals surface area contributed by atoms with Crippen molar-refractivity contribution in [3.8, 4) is 5.75 Å². The number of unbranched alkanes of at least 4 members (excludes halogenated alkanes) is 1. The standard InChI is InChI=1S/C13H21NO/c1-4-5-9-15-13-10(2)7-6-8-12(13)11(3)14/h6-8,11H,4-5,9,14H2,1-3H3. The van der Waals surface area contributed by atoms with Gasteiger partial charge in [0.25, 0.3) is 0 Å². The van der Waals surface area contributed by atoms with Crippen molar-refractivity contribution in [3.05, 3.63) is 29.3 Å². The summed E-state index contributed by atoms with van der Waals surface area (Å²) in [6, 6.07) is 6.16. The summed E-state index contributed by atoms with van der Waals surface area (Å²) in [6.07, 6.45) is 2.24. The predicted octanol–water partition coefficient (Wildman–Crippen LogP) is 3.19. The SMILES string of the molecule is CCCCOc1c(C)cccc1C(C)N. The van der Waals surface area contributed by atoms with E-state index in [1.807, 2.05) is 19.1 Å². The van der Waals surface area contributed by atoms with Crippen LogP contribution in [0.2, 0.25) is 0 Å². The molecule has 0 aliphatic heterocycles. The van der Waals surface area contributed by atoms with Gasteiger partial charge in [0.2, 0.25) is 0 Å². The molecule has 1 aromatic carbocycles. The van der Waals surface area contributed by atoms with Crippen molar-refractivity contribution in [2.24, 2.45) is 5.73 Å². The van der Waals surface area contributed by atoms with Crippen LogP contribution in [-0.2, 0) is 0 Å². The Morgan fingerprint density at radius 1 is 1.40 bits per heavy atom. The van der Waals surface area contributed by atoms with Gasteiger partial charge in [-0.25, -0.2) is 0 Å². The Balaban J connectivity index is 2.82. The van der Waals surface area contributed by atoms with E-state index in [9.17, 15) is 0 Å². The minimum Gasteiger partial charge on any atom is -0.493 e. The highest BCUT2D eigenvalue weighted by atomic mass is 16.5. The van der Waals surface area contributed by atoms with Crippen LogP contribution in [0, 0.1) is 6.92 Å². The average molecular weight is 207 g/mol. The van der Waals surface area contributed by atoms with Crippen molar-refractivity contribution in [2.75, 3.05) is 6.61 Å². The molecule has 0 fully saturated rings. The normalized spacial score (nSPS) is 12.5. The maximum Gasteiger partial charge on any atom is 0.126 e. The highest BCUT2D eigenvalue weighted by molar-refractivity contribution is 5.42. The zero-order valence-electron chi connectivity index (χ0n) is 9.92. The lowest BCUT2D eigenvalue weighted by atomic mass is 10.0. The number of nitrogens with two attached hydrogens (primary N) is 1. The third kappa shape index (κ3) is 3.24. The minimum atomic E-state index is 0.0292. The molecule has 0 aliphatic carbocycles. The fraction of sp³-hybridized carbons (Fsp3) is 0.538. The summed E-state index contributed by atoms with van der Waals surface area (Å²) >= 11 is 0. The van der Waals surface area contributed by atoms with Gasteiger partial charge in [-0.15, -0.1) is 0 Å². The first-order valence-electron chi connectivity index (χ1n) is 5.64. The number of hydrogen-bond donors (Lipinski definition) is 1. The molecule has 1 aromatic rings. The lowest BCUT2D eigenvalue weighted by Crippen LogP contribution is -2.09. The van der Waals surface area contributed by atoms with E-state index in [0.717, 1.165) is 30.8 Å². The van der Waals surface area contributed by atoms with Gasteiger partial charge in [-0.2, -0.15) is 0 Å². The number of ether oxygens (including phenoxy) is 1. The van der Waals surface area contributed by atoms with Crippen molar-refractivity contribution < 1.29 is 4.74 Å². The molecule has 0 amide bonds. The Kier molecular flexibility index (Phi) is 4.63. The molecule has 0 aliphatic rings. The van der Waals surface area contributed by atoms with Crippen LogP contribution in [0.1, 0.15) is 43.9 Å². The first-order chi connectivity index (χ1) is 7.16. The van der Waals surface area contributed by atoms with E-state index in [2.05, 4.69) is 19.9 Å². The molecule has 0 spiro atoms. The van der Waals surface area contributed by atoms with Crippen LogP contribution in [0.5, 0.6) is 5.75 Å². The summed E-state index contributed by atoms with van der Waals surface area (Å²) in [5, 5.41) is 0. The number of aryl methyl sites for hydroxylation is 1. The van der Waals surface area contributed by atoms with Crippen molar-refractivity contribution >= 4 is 0 Å². The molecule has 2 N–H and O–H groups in total. The average Bonchev–Trinajstić information content (AvgIpc) is 2.20. The molecular weight excluding hydrogens is 186 g/mol.